The van der Waals surface area contributed by atoms with E-state index < -0.39 is 10.0 Å². The van der Waals surface area contributed by atoms with Crippen LogP contribution in [0.3, 0.4) is 0 Å². The second kappa shape index (κ2) is 5.98. The fourth-order valence-electron chi connectivity index (χ4n) is 2.16. The largest absolute Gasteiger partial charge is 0.312 e. The zero-order valence-electron chi connectivity index (χ0n) is 10.5. The Hall–Kier alpha value is -0.130. The van der Waals surface area contributed by atoms with Crippen LogP contribution in [-0.2, 0) is 10.0 Å². The number of sulfonamides is 1. The van der Waals surface area contributed by atoms with Gasteiger partial charge in [0.25, 0.3) is 0 Å². The van der Waals surface area contributed by atoms with E-state index in [0.717, 1.165) is 13.0 Å². The van der Waals surface area contributed by atoms with Gasteiger partial charge in [0, 0.05) is 12.1 Å². The lowest BCUT2D eigenvalue weighted by atomic mass is 10.00. The first kappa shape index (κ1) is 13.9. The lowest BCUT2D eigenvalue weighted by Crippen LogP contribution is -2.50. The SMILES string of the molecule is CC(C)CS(=O)(=O)NC(C)C1CCCCN1. The molecule has 0 aromatic carbocycles. The molecule has 2 N–H and O–H groups in total. The van der Waals surface area contributed by atoms with Crippen molar-refractivity contribution in [3.05, 3.63) is 0 Å². The van der Waals surface area contributed by atoms with Gasteiger partial charge in [-0.15, -0.1) is 0 Å². The summed E-state index contributed by atoms with van der Waals surface area (Å²) in [5.41, 5.74) is 0. The molecule has 1 fully saturated rings. The van der Waals surface area contributed by atoms with Crippen molar-refractivity contribution >= 4 is 10.0 Å². The first-order valence-electron chi connectivity index (χ1n) is 6.14. The van der Waals surface area contributed by atoms with Crippen LogP contribution in [0.25, 0.3) is 0 Å². The standard InChI is InChI=1S/C11H24N2O2S/c1-9(2)8-16(14,15)13-10(3)11-6-4-5-7-12-11/h9-13H,4-8H2,1-3H3. The third kappa shape index (κ3) is 4.80. The molecule has 0 aromatic rings. The highest BCUT2D eigenvalue weighted by Gasteiger charge is 2.24. The van der Waals surface area contributed by atoms with E-state index in [-0.39, 0.29) is 23.8 Å². The summed E-state index contributed by atoms with van der Waals surface area (Å²) in [5.74, 6) is 0.383. The number of nitrogens with one attached hydrogen (secondary N) is 2. The second-order valence-corrected chi connectivity index (χ2v) is 6.94. The minimum absolute atomic E-state index is 0.0101. The molecule has 0 bridgehead atoms. The number of rotatable bonds is 5. The van der Waals surface area contributed by atoms with Crippen molar-refractivity contribution in [2.75, 3.05) is 12.3 Å². The Morgan fingerprint density at radius 3 is 2.50 bits per heavy atom. The van der Waals surface area contributed by atoms with E-state index >= 15 is 0 Å². The lowest BCUT2D eigenvalue weighted by molar-refractivity contribution is 0.346. The summed E-state index contributed by atoms with van der Waals surface area (Å²) in [6, 6.07) is 0.278. The third-order valence-electron chi connectivity index (χ3n) is 2.87. The molecule has 1 heterocycles. The Labute approximate surface area is 99.2 Å². The first-order valence-corrected chi connectivity index (χ1v) is 7.79. The maximum Gasteiger partial charge on any atom is 0.212 e. The van der Waals surface area contributed by atoms with E-state index in [1.54, 1.807) is 0 Å². The lowest BCUT2D eigenvalue weighted by Gasteiger charge is -2.29. The summed E-state index contributed by atoms with van der Waals surface area (Å²) in [6.07, 6.45) is 3.45. The molecule has 5 heteroatoms. The molecule has 0 aromatic heterocycles. The normalized spacial score (nSPS) is 24.6. The van der Waals surface area contributed by atoms with Crippen LogP contribution >= 0.6 is 0 Å². The molecule has 1 saturated heterocycles. The van der Waals surface area contributed by atoms with Crippen LogP contribution < -0.4 is 10.0 Å². The van der Waals surface area contributed by atoms with E-state index in [0.29, 0.717) is 0 Å². The Balaban J connectivity index is 2.45. The maximum atomic E-state index is 11.8. The van der Waals surface area contributed by atoms with Gasteiger partial charge in [-0.1, -0.05) is 20.3 Å². The molecule has 0 radical (unpaired) electrons. The van der Waals surface area contributed by atoms with E-state index in [4.69, 9.17) is 0 Å². The number of hydrogen-bond acceptors (Lipinski definition) is 3. The molecule has 0 spiro atoms. The van der Waals surface area contributed by atoms with Gasteiger partial charge >= 0.3 is 0 Å². The fourth-order valence-corrected chi connectivity index (χ4v) is 3.86. The molecule has 0 saturated carbocycles. The van der Waals surface area contributed by atoms with Gasteiger partial charge in [-0.05, 0) is 32.2 Å². The molecule has 96 valence electrons. The van der Waals surface area contributed by atoms with Gasteiger partial charge < -0.3 is 5.32 Å². The van der Waals surface area contributed by atoms with Gasteiger partial charge in [0.15, 0.2) is 0 Å². The van der Waals surface area contributed by atoms with Crippen molar-refractivity contribution in [3.63, 3.8) is 0 Å². The van der Waals surface area contributed by atoms with Crippen molar-refractivity contribution in [3.8, 4) is 0 Å². The Kier molecular flexibility index (Phi) is 5.21. The second-order valence-electron chi connectivity index (χ2n) is 5.14. The monoisotopic (exact) mass is 248 g/mol. The predicted octanol–water partition coefficient (Wildman–Crippen LogP) is 1.09. The van der Waals surface area contributed by atoms with E-state index in [2.05, 4.69) is 10.0 Å². The maximum absolute atomic E-state index is 11.8. The van der Waals surface area contributed by atoms with E-state index in [1.807, 2.05) is 20.8 Å². The molecular weight excluding hydrogens is 224 g/mol. The Morgan fingerprint density at radius 2 is 2.00 bits per heavy atom. The topological polar surface area (TPSA) is 58.2 Å². The van der Waals surface area contributed by atoms with Crippen molar-refractivity contribution < 1.29 is 8.42 Å². The molecule has 0 aliphatic carbocycles. The predicted molar refractivity (Wildman–Crippen MR) is 66.9 cm³/mol. The number of piperidine rings is 1. The minimum Gasteiger partial charge on any atom is -0.312 e. The average Bonchev–Trinajstić information content (AvgIpc) is 2.16. The van der Waals surface area contributed by atoms with Crippen LogP contribution in [0, 0.1) is 5.92 Å². The van der Waals surface area contributed by atoms with Crippen LogP contribution in [-0.4, -0.2) is 32.8 Å². The third-order valence-corrected chi connectivity index (χ3v) is 4.71. The average molecular weight is 248 g/mol. The summed E-state index contributed by atoms with van der Waals surface area (Å²) in [6.45, 7) is 6.79. The van der Waals surface area contributed by atoms with Crippen LogP contribution in [0.5, 0.6) is 0 Å². The van der Waals surface area contributed by atoms with Crippen molar-refractivity contribution in [1.29, 1.82) is 0 Å². The molecule has 2 atom stereocenters. The summed E-state index contributed by atoms with van der Waals surface area (Å²) in [4.78, 5) is 0. The smallest absolute Gasteiger partial charge is 0.212 e. The highest BCUT2D eigenvalue weighted by molar-refractivity contribution is 7.89. The summed E-state index contributed by atoms with van der Waals surface area (Å²) in [7, 11) is -3.12. The zero-order valence-corrected chi connectivity index (χ0v) is 11.3. The molecule has 2 unspecified atom stereocenters. The van der Waals surface area contributed by atoms with Crippen LogP contribution in [0.2, 0.25) is 0 Å². The van der Waals surface area contributed by atoms with E-state index in [1.165, 1.54) is 12.8 Å². The van der Waals surface area contributed by atoms with Crippen LogP contribution in [0.15, 0.2) is 0 Å². The van der Waals surface area contributed by atoms with Gasteiger partial charge in [0.2, 0.25) is 10.0 Å². The highest BCUT2D eigenvalue weighted by Crippen LogP contribution is 2.11. The van der Waals surface area contributed by atoms with Gasteiger partial charge in [-0.3, -0.25) is 0 Å². The molecule has 16 heavy (non-hydrogen) atoms. The molecular formula is C11H24N2O2S. The molecule has 4 nitrogen and oxygen atoms in total. The summed E-state index contributed by atoms with van der Waals surface area (Å²) < 4.78 is 26.3. The van der Waals surface area contributed by atoms with Gasteiger partial charge in [0.1, 0.15) is 0 Å². The van der Waals surface area contributed by atoms with Crippen molar-refractivity contribution in [2.45, 2.75) is 52.1 Å². The summed E-state index contributed by atoms with van der Waals surface area (Å²) in [5, 5.41) is 3.37. The number of hydrogen-bond donors (Lipinski definition) is 2. The van der Waals surface area contributed by atoms with Crippen molar-refractivity contribution in [2.24, 2.45) is 5.92 Å². The quantitative estimate of drug-likeness (QED) is 0.766. The van der Waals surface area contributed by atoms with Gasteiger partial charge in [-0.25, -0.2) is 13.1 Å². The fraction of sp³-hybridized carbons (Fsp3) is 1.00. The molecule has 1 aliphatic rings. The van der Waals surface area contributed by atoms with Crippen LogP contribution in [0.4, 0.5) is 0 Å². The summed E-state index contributed by atoms with van der Waals surface area (Å²) >= 11 is 0. The Bertz CT molecular complexity index is 295. The first-order chi connectivity index (χ1) is 7.41. The van der Waals surface area contributed by atoms with Gasteiger partial charge in [-0.2, -0.15) is 0 Å². The molecule has 1 aliphatic heterocycles. The van der Waals surface area contributed by atoms with E-state index in [9.17, 15) is 8.42 Å². The highest BCUT2D eigenvalue weighted by atomic mass is 32.2. The molecule has 1 rings (SSSR count). The van der Waals surface area contributed by atoms with Crippen LogP contribution in [0.1, 0.15) is 40.0 Å². The minimum atomic E-state index is -3.12. The van der Waals surface area contributed by atoms with Crippen molar-refractivity contribution in [1.82, 2.24) is 10.0 Å². The zero-order chi connectivity index (χ0) is 12.2. The molecule has 0 amide bonds. The Morgan fingerprint density at radius 1 is 1.31 bits per heavy atom. The van der Waals surface area contributed by atoms with Gasteiger partial charge in [0.05, 0.1) is 5.75 Å².